The second-order valence-corrected chi connectivity index (χ2v) is 8.08. The van der Waals surface area contributed by atoms with Crippen molar-refractivity contribution in [1.82, 2.24) is 4.90 Å². The molecule has 1 heterocycles. The van der Waals surface area contributed by atoms with Crippen LogP contribution in [0.3, 0.4) is 0 Å². The number of ether oxygens (including phenoxy) is 1. The molecular weight excluding hydrogens is 260 g/mol. The smallest absolute Gasteiger partial charge is 0.0757 e. The number of nitrogens with two attached hydrogens (primary N) is 1. The van der Waals surface area contributed by atoms with Crippen LogP contribution in [0.15, 0.2) is 0 Å². The van der Waals surface area contributed by atoms with Crippen LogP contribution in [-0.2, 0) is 4.74 Å². The van der Waals surface area contributed by atoms with Crippen LogP contribution >= 0.6 is 0 Å². The van der Waals surface area contributed by atoms with Gasteiger partial charge >= 0.3 is 0 Å². The van der Waals surface area contributed by atoms with Gasteiger partial charge in [-0.2, -0.15) is 0 Å². The van der Waals surface area contributed by atoms with E-state index in [4.69, 9.17) is 10.5 Å². The Balaban J connectivity index is 2.09. The first-order chi connectivity index (χ1) is 9.91. The maximum Gasteiger partial charge on any atom is 0.0757 e. The predicted molar refractivity (Wildman–Crippen MR) is 89.5 cm³/mol. The first kappa shape index (κ1) is 17.2. The van der Waals surface area contributed by atoms with Gasteiger partial charge in [-0.25, -0.2) is 0 Å². The minimum atomic E-state index is -0.0467. The van der Waals surface area contributed by atoms with Crippen LogP contribution in [0.2, 0.25) is 0 Å². The van der Waals surface area contributed by atoms with E-state index in [1.54, 1.807) is 0 Å². The Bertz CT molecular complexity index is 331. The minimum absolute atomic E-state index is 0.0467. The van der Waals surface area contributed by atoms with E-state index in [2.05, 4.69) is 32.6 Å². The molecule has 2 aliphatic rings. The third kappa shape index (κ3) is 4.20. The van der Waals surface area contributed by atoms with Crippen molar-refractivity contribution >= 4 is 0 Å². The largest absolute Gasteiger partial charge is 0.370 e. The molecule has 1 aliphatic carbocycles. The molecule has 1 aliphatic heterocycles. The minimum Gasteiger partial charge on any atom is -0.370 e. The predicted octanol–water partition coefficient (Wildman–Crippen LogP) is 3.56. The van der Waals surface area contributed by atoms with Gasteiger partial charge in [0.25, 0.3) is 0 Å². The SMILES string of the molecule is CCCC1CCCC(CN)(N2CC(C)OC(C)(C)C2)CC1. The van der Waals surface area contributed by atoms with E-state index in [0.29, 0.717) is 6.10 Å². The molecule has 2 fully saturated rings. The molecule has 2 N–H and O–H groups in total. The number of hydrogen-bond acceptors (Lipinski definition) is 3. The number of nitrogens with zero attached hydrogens (tertiary/aromatic N) is 1. The summed E-state index contributed by atoms with van der Waals surface area (Å²) in [6.45, 7) is 11.8. The highest BCUT2D eigenvalue weighted by molar-refractivity contribution is 4.98. The molecule has 3 unspecified atom stereocenters. The van der Waals surface area contributed by atoms with Crippen molar-refractivity contribution in [3.8, 4) is 0 Å². The molecule has 0 aromatic rings. The summed E-state index contributed by atoms with van der Waals surface area (Å²) in [5.41, 5.74) is 6.48. The molecule has 1 saturated carbocycles. The highest BCUT2D eigenvalue weighted by atomic mass is 16.5. The topological polar surface area (TPSA) is 38.5 Å². The van der Waals surface area contributed by atoms with Crippen LogP contribution in [0.5, 0.6) is 0 Å². The van der Waals surface area contributed by atoms with Gasteiger partial charge in [-0.1, -0.05) is 32.6 Å². The van der Waals surface area contributed by atoms with Crippen molar-refractivity contribution in [2.75, 3.05) is 19.6 Å². The van der Waals surface area contributed by atoms with Gasteiger partial charge in [-0.3, -0.25) is 4.90 Å². The zero-order valence-corrected chi connectivity index (χ0v) is 14.7. The van der Waals surface area contributed by atoms with Crippen molar-refractivity contribution in [3.63, 3.8) is 0 Å². The van der Waals surface area contributed by atoms with Crippen molar-refractivity contribution in [1.29, 1.82) is 0 Å². The second-order valence-electron chi connectivity index (χ2n) is 8.08. The highest BCUT2D eigenvalue weighted by Crippen LogP contribution is 2.38. The first-order valence-electron chi connectivity index (χ1n) is 9.04. The summed E-state index contributed by atoms with van der Waals surface area (Å²) in [4.78, 5) is 2.68. The molecule has 3 nitrogen and oxygen atoms in total. The fourth-order valence-corrected chi connectivity index (χ4v) is 4.62. The van der Waals surface area contributed by atoms with E-state index < -0.39 is 0 Å². The molecule has 21 heavy (non-hydrogen) atoms. The van der Waals surface area contributed by atoms with Crippen LogP contribution < -0.4 is 5.73 Å². The number of morpholine rings is 1. The third-order valence-corrected chi connectivity index (χ3v) is 5.59. The normalized spacial score (nSPS) is 38.1. The molecule has 0 aromatic carbocycles. The van der Waals surface area contributed by atoms with Crippen molar-refractivity contribution in [2.24, 2.45) is 11.7 Å². The van der Waals surface area contributed by atoms with E-state index in [1.165, 1.54) is 44.9 Å². The van der Waals surface area contributed by atoms with Crippen LogP contribution in [0.1, 0.15) is 72.6 Å². The molecule has 124 valence electrons. The van der Waals surface area contributed by atoms with Gasteiger partial charge in [0.2, 0.25) is 0 Å². The summed E-state index contributed by atoms with van der Waals surface area (Å²) in [6, 6.07) is 0. The van der Waals surface area contributed by atoms with E-state index >= 15 is 0 Å². The fraction of sp³-hybridized carbons (Fsp3) is 1.00. The summed E-state index contributed by atoms with van der Waals surface area (Å²) in [5, 5.41) is 0. The lowest BCUT2D eigenvalue weighted by Gasteiger charge is -2.51. The van der Waals surface area contributed by atoms with Crippen molar-refractivity contribution in [2.45, 2.75) is 89.9 Å². The van der Waals surface area contributed by atoms with Crippen LogP contribution in [-0.4, -0.2) is 41.8 Å². The van der Waals surface area contributed by atoms with E-state index in [-0.39, 0.29) is 11.1 Å². The van der Waals surface area contributed by atoms with Gasteiger partial charge in [0.15, 0.2) is 0 Å². The van der Waals surface area contributed by atoms with Gasteiger partial charge in [-0.15, -0.1) is 0 Å². The summed E-state index contributed by atoms with van der Waals surface area (Å²) < 4.78 is 6.09. The molecule has 0 amide bonds. The molecule has 3 heteroatoms. The Morgan fingerprint density at radius 3 is 2.62 bits per heavy atom. The van der Waals surface area contributed by atoms with E-state index in [0.717, 1.165) is 25.6 Å². The molecule has 0 bridgehead atoms. The lowest BCUT2D eigenvalue weighted by molar-refractivity contribution is -0.154. The maximum absolute atomic E-state index is 6.31. The quantitative estimate of drug-likeness (QED) is 0.806. The molecule has 2 rings (SSSR count). The Labute approximate surface area is 131 Å². The van der Waals surface area contributed by atoms with Crippen LogP contribution in [0.4, 0.5) is 0 Å². The molecule has 0 spiro atoms. The Morgan fingerprint density at radius 2 is 2.00 bits per heavy atom. The summed E-state index contributed by atoms with van der Waals surface area (Å²) in [5.74, 6) is 0.926. The Kier molecular flexibility index (Phi) is 5.72. The number of hydrogen-bond donors (Lipinski definition) is 1. The van der Waals surface area contributed by atoms with Crippen LogP contribution in [0.25, 0.3) is 0 Å². The monoisotopic (exact) mass is 296 g/mol. The van der Waals surface area contributed by atoms with E-state index in [1.807, 2.05) is 0 Å². The average molecular weight is 296 g/mol. The summed E-state index contributed by atoms with van der Waals surface area (Å²) in [6.07, 6.45) is 9.67. The lowest BCUT2D eigenvalue weighted by atomic mass is 9.85. The zero-order chi connectivity index (χ0) is 15.5. The van der Waals surface area contributed by atoms with E-state index in [9.17, 15) is 0 Å². The van der Waals surface area contributed by atoms with Gasteiger partial charge in [0.05, 0.1) is 11.7 Å². The van der Waals surface area contributed by atoms with Crippen molar-refractivity contribution in [3.05, 3.63) is 0 Å². The van der Waals surface area contributed by atoms with Gasteiger partial charge in [0, 0.05) is 25.2 Å². The Hall–Kier alpha value is -0.120. The molecule has 0 radical (unpaired) electrons. The molecule has 3 atom stereocenters. The highest BCUT2D eigenvalue weighted by Gasteiger charge is 2.43. The van der Waals surface area contributed by atoms with Gasteiger partial charge < -0.3 is 10.5 Å². The Morgan fingerprint density at radius 1 is 1.24 bits per heavy atom. The van der Waals surface area contributed by atoms with Crippen molar-refractivity contribution < 1.29 is 4.74 Å². The van der Waals surface area contributed by atoms with Crippen LogP contribution in [0, 0.1) is 5.92 Å². The second kappa shape index (κ2) is 6.97. The third-order valence-electron chi connectivity index (χ3n) is 5.59. The summed E-state index contributed by atoms with van der Waals surface area (Å²) in [7, 11) is 0. The number of rotatable bonds is 4. The average Bonchev–Trinajstić information content (AvgIpc) is 2.60. The fourth-order valence-electron chi connectivity index (χ4n) is 4.62. The maximum atomic E-state index is 6.31. The molecule has 1 saturated heterocycles. The molecule has 0 aromatic heterocycles. The van der Waals surface area contributed by atoms with Gasteiger partial charge in [0.1, 0.15) is 0 Å². The standard InChI is InChI=1S/C18H36N2O/c1-5-7-16-8-6-10-18(13-19,11-9-16)20-12-15(2)21-17(3,4)14-20/h15-16H,5-14,19H2,1-4H3. The lowest BCUT2D eigenvalue weighted by Crippen LogP contribution is -2.63. The molecular formula is C18H36N2O. The van der Waals surface area contributed by atoms with Gasteiger partial charge in [-0.05, 0) is 46.0 Å². The summed E-state index contributed by atoms with van der Waals surface area (Å²) >= 11 is 0. The first-order valence-corrected chi connectivity index (χ1v) is 9.04. The zero-order valence-electron chi connectivity index (χ0n) is 14.7.